The largest absolute Gasteiger partial charge is 0.307 e. The number of rotatable bonds is 1. The molecule has 3 aromatic rings. The van der Waals surface area contributed by atoms with E-state index in [4.69, 9.17) is 0 Å². The minimum atomic E-state index is -0.314. The number of fused-ring (bicyclic) bond motifs is 3. The third-order valence-electron chi connectivity index (χ3n) is 5.88. The molecule has 0 atom stereocenters. The standard InChI is InChI=1S/C21H19N3O2/c25-19-15(13-22-18-9-3-6-12-23(18)19)20(26)24-14-21(10-4-5-11-21)16-7-1-2-8-17(16)24/h1-3,6-9,12-13H,4-5,10-11,14H2. The van der Waals surface area contributed by atoms with E-state index in [0.29, 0.717) is 12.2 Å². The van der Waals surface area contributed by atoms with Crippen LogP contribution in [0, 0.1) is 0 Å². The molecule has 1 spiro atoms. The van der Waals surface area contributed by atoms with Gasteiger partial charge in [0, 0.05) is 30.0 Å². The van der Waals surface area contributed by atoms with Crippen molar-refractivity contribution in [2.24, 2.45) is 0 Å². The summed E-state index contributed by atoms with van der Waals surface area (Å²) in [7, 11) is 0. The van der Waals surface area contributed by atoms with E-state index in [1.54, 1.807) is 23.2 Å². The number of pyridine rings is 1. The molecule has 0 saturated heterocycles. The lowest BCUT2D eigenvalue weighted by atomic mass is 9.81. The highest BCUT2D eigenvalue weighted by molar-refractivity contribution is 6.07. The van der Waals surface area contributed by atoms with Crippen LogP contribution in [0.15, 0.2) is 59.7 Å². The van der Waals surface area contributed by atoms with Gasteiger partial charge < -0.3 is 4.90 Å². The Hall–Kier alpha value is -2.95. The predicted molar refractivity (Wildman–Crippen MR) is 99.7 cm³/mol. The van der Waals surface area contributed by atoms with Gasteiger partial charge in [0.15, 0.2) is 0 Å². The Morgan fingerprint density at radius 3 is 2.65 bits per heavy atom. The Labute approximate surface area is 150 Å². The Morgan fingerprint density at radius 2 is 1.81 bits per heavy atom. The SMILES string of the molecule is O=C(c1cnc2ccccn2c1=O)N1CC2(CCCC2)c2ccccc21. The molecular weight excluding hydrogens is 326 g/mol. The van der Waals surface area contributed by atoms with Crippen molar-refractivity contribution >= 4 is 17.2 Å². The number of nitrogens with zero attached hydrogens (tertiary/aromatic N) is 3. The summed E-state index contributed by atoms with van der Waals surface area (Å²) >= 11 is 0. The Bertz CT molecular complexity index is 1080. The average Bonchev–Trinajstić information content (AvgIpc) is 3.28. The lowest BCUT2D eigenvalue weighted by molar-refractivity contribution is 0.0983. The molecule has 2 aliphatic rings. The highest BCUT2D eigenvalue weighted by Gasteiger charge is 2.46. The van der Waals surface area contributed by atoms with Gasteiger partial charge in [0.25, 0.3) is 11.5 Å². The van der Waals surface area contributed by atoms with Crippen LogP contribution in [0.1, 0.15) is 41.6 Å². The molecule has 5 rings (SSSR count). The van der Waals surface area contributed by atoms with Crippen LogP contribution in [0.25, 0.3) is 5.65 Å². The minimum absolute atomic E-state index is 0.0483. The van der Waals surface area contributed by atoms with E-state index in [9.17, 15) is 9.59 Å². The molecule has 5 heteroatoms. The average molecular weight is 345 g/mol. The third-order valence-corrected chi connectivity index (χ3v) is 5.88. The lowest BCUT2D eigenvalue weighted by Gasteiger charge is -2.24. The van der Waals surface area contributed by atoms with Crippen LogP contribution in [0.3, 0.4) is 0 Å². The number of carbonyl (C=O) groups excluding carboxylic acids is 1. The molecule has 0 radical (unpaired) electrons. The zero-order valence-corrected chi connectivity index (χ0v) is 14.4. The minimum Gasteiger partial charge on any atom is -0.307 e. The zero-order chi connectivity index (χ0) is 17.7. The lowest BCUT2D eigenvalue weighted by Crippen LogP contribution is -2.38. The van der Waals surface area contributed by atoms with E-state index in [1.165, 1.54) is 29.0 Å². The molecule has 2 aromatic heterocycles. The number of hydrogen-bond donors (Lipinski definition) is 0. The van der Waals surface area contributed by atoms with Crippen molar-refractivity contribution < 1.29 is 4.79 Å². The van der Waals surface area contributed by atoms with E-state index in [-0.39, 0.29) is 22.4 Å². The Morgan fingerprint density at radius 1 is 1.04 bits per heavy atom. The number of para-hydroxylation sites is 1. The van der Waals surface area contributed by atoms with Crippen LogP contribution in [0.2, 0.25) is 0 Å². The number of hydrogen-bond acceptors (Lipinski definition) is 3. The molecule has 3 heterocycles. The maximum Gasteiger partial charge on any atom is 0.270 e. The predicted octanol–water partition coefficient (Wildman–Crippen LogP) is 3.17. The van der Waals surface area contributed by atoms with Crippen LogP contribution >= 0.6 is 0 Å². The molecule has 5 nitrogen and oxygen atoms in total. The van der Waals surface area contributed by atoms with Gasteiger partial charge in [-0.05, 0) is 36.6 Å². The second kappa shape index (κ2) is 5.53. The topological polar surface area (TPSA) is 54.7 Å². The molecule has 1 aromatic carbocycles. The van der Waals surface area contributed by atoms with Gasteiger partial charge in [-0.25, -0.2) is 4.98 Å². The molecular formula is C21H19N3O2. The van der Waals surface area contributed by atoms with Crippen molar-refractivity contribution in [3.63, 3.8) is 0 Å². The highest BCUT2D eigenvalue weighted by atomic mass is 16.2. The van der Waals surface area contributed by atoms with Gasteiger partial charge in [0.2, 0.25) is 0 Å². The first kappa shape index (κ1) is 15.3. The second-order valence-corrected chi connectivity index (χ2v) is 7.30. The summed E-state index contributed by atoms with van der Waals surface area (Å²) in [4.78, 5) is 32.2. The quantitative estimate of drug-likeness (QED) is 0.681. The van der Waals surface area contributed by atoms with Gasteiger partial charge >= 0.3 is 0 Å². The summed E-state index contributed by atoms with van der Waals surface area (Å²) < 4.78 is 1.43. The third kappa shape index (κ3) is 2.06. The Balaban J connectivity index is 1.62. The molecule has 26 heavy (non-hydrogen) atoms. The first-order chi connectivity index (χ1) is 12.7. The van der Waals surface area contributed by atoms with Crippen molar-refractivity contribution in [1.29, 1.82) is 0 Å². The molecule has 0 N–H and O–H groups in total. The van der Waals surface area contributed by atoms with Gasteiger partial charge in [0.05, 0.1) is 0 Å². The number of benzene rings is 1. The van der Waals surface area contributed by atoms with Crippen molar-refractivity contribution in [2.75, 3.05) is 11.4 Å². The van der Waals surface area contributed by atoms with Crippen molar-refractivity contribution in [1.82, 2.24) is 9.38 Å². The monoisotopic (exact) mass is 345 g/mol. The number of carbonyl (C=O) groups is 1. The van der Waals surface area contributed by atoms with Crippen LogP contribution in [0.4, 0.5) is 5.69 Å². The van der Waals surface area contributed by atoms with Crippen molar-refractivity contribution in [3.8, 4) is 0 Å². The van der Waals surface area contributed by atoms with Gasteiger partial charge in [-0.3, -0.25) is 14.0 Å². The first-order valence-electron chi connectivity index (χ1n) is 9.07. The fraction of sp³-hybridized carbons (Fsp3) is 0.286. The van der Waals surface area contributed by atoms with Gasteiger partial charge in [-0.15, -0.1) is 0 Å². The number of aromatic nitrogens is 2. The summed E-state index contributed by atoms with van der Waals surface area (Å²) in [5.74, 6) is -0.253. The molecule has 1 saturated carbocycles. The fourth-order valence-corrected chi connectivity index (χ4v) is 4.61. The van der Waals surface area contributed by atoms with E-state index in [2.05, 4.69) is 11.1 Å². The smallest absolute Gasteiger partial charge is 0.270 e. The molecule has 0 bridgehead atoms. The van der Waals surface area contributed by atoms with Crippen LogP contribution in [0.5, 0.6) is 0 Å². The summed E-state index contributed by atoms with van der Waals surface area (Å²) in [6, 6.07) is 13.5. The normalized spacial score (nSPS) is 17.8. The number of amides is 1. The van der Waals surface area contributed by atoms with Crippen LogP contribution < -0.4 is 10.5 Å². The van der Waals surface area contributed by atoms with Crippen LogP contribution in [-0.4, -0.2) is 21.8 Å². The Kier molecular flexibility index (Phi) is 3.26. The van der Waals surface area contributed by atoms with Crippen molar-refractivity contribution in [2.45, 2.75) is 31.1 Å². The molecule has 130 valence electrons. The first-order valence-corrected chi connectivity index (χ1v) is 9.07. The molecule has 1 amide bonds. The fourth-order valence-electron chi connectivity index (χ4n) is 4.61. The zero-order valence-electron chi connectivity index (χ0n) is 14.4. The molecule has 0 unspecified atom stereocenters. The van der Waals surface area contributed by atoms with Gasteiger partial charge in [-0.2, -0.15) is 0 Å². The summed E-state index contributed by atoms with van der Waals surface area (Å²) in [5.41, 5.74) is 2.59. The summed E-state index contributed by atoms with van der Waals surface area (Å²) in [6.45, 7) is 0.655. The van der Waals surface area contributed by atoms with Gasteiger partial charge in [-0.1, -0.05) is 37.1 Å². The summed E-state index contributed by atoms with van der Waals surface area (Å²) in [6.07, 6.45) is 7.65. The number of anilines is 1. The van der Waals surface area contributed by atoms with E-state index in [0.717, 1.165) is 18.5 Å². The van der Waals surface area contributed by atoms with Crippen LogP contribution in [-0.2, 0) is 5.41 Å². The molecule has 1 aliphatic carbocycles. The van der Waals surface area contributed by atoms with Crippen molar-refractivity contribution in [3.05, 3.63) is 76.3 Å². The highest BCUT2D eigenvalue weighted by Crippen LogP contribution is 2.50. The summed E-state index contributed by atoms with van der Waals surface area (Å²) in [5, 5.41) is 0. The van der Waals surface area contributed by atoms with E-state index < -0.39 is 0 Å². The van der Waals surface area contributed by atoms with E-state index in [1.807, 2.05) is 24.3 Å². The van der Waals surface area contributed by atoms with Gasteiger partial charge in [0.1, 0.15) is 11.2 Å². The van der Waals surface area contributed by atoms with E-state index >= 15 is 0 Å². The molecule has 1 aliphatic heterocycles. The molecule has 1 fully saturated rings. The maximum absolute atomic E-state index is 13.3. The second-order valence-electron chi connectivity index (χ2n) is 7.30. The maximum atomic E-state index is 13.3.